The molecule has 30 heavy (non-hydrogen) atoms. The Hall–Kier alpha value is -3.25. The number of rotatable bonds is 6. The average Bonchev–Trinajstić information content (AvgIpc) is 2.73. The van der Waals surface area contributed by atoms with Gasteiger partial charge in [-0.2, -0.15) is 5.26 Å². The SMILES string of the molecule is CCCS(=O)(=O)Cc1cccc(Oc2cc3c(cn2)N=CN2CCCN=C32)c1C#N. The highest BCUT2D eigenvalue weighted by atomic mass is 32.2. The van der Waals surface area contributed by atoms with Crippen LogP contribution in [0.2, 0.25) is 0 Å². The van der Waals surface area contributed by atoms with Gasteiger partial charge in [-0.25, -0.2) is 18.4 Å². The molecule has 0 radical (unpaired) electrons. The van der Waals surface area contributed by atoms with Crippen molar-refractivity contribution in [3.63, 3.8) is 0 Å². The predicted octanol–water partition coefficient (Wildman–Crippen LogP) is 3.20. The molecule has 0 spiro atoms. The van der Waals surface area contributed by atoms with E-state index in [1.807, 2.05) is 11.8 Å². The number of nitriles is 1. The second kappa shape index (κ2) is 8.24. The summed E-state index contributed by atoms with van der Waals surface area (Å²) < 4.78 is 30.4. The summed E-state index contributed by atoms with van der Waals surface area (Å²) in [5.41, 5.74) is 2.15. The number of benzene rings is 1. The lowest BCUT2D eigenvalue weighted by atomic mass is 10.1. The molecule has 0 fully saturated rings. The third kappa shape index (κ3) is 4.04. The molecule has 1 aromatic heterocycles. The number of amidine groups is 1. The maximum atomic E-state index is 12.2. The van der Waals surface area contributed by atoms with Crippen LogP contribution in [0.3, 0.4) is 0 Å². The van der Waals surface area contributed by atoms with Crippen LogP contribution in [0.4, 0.5) is 5.69 Å². The second-order valence-corrected chi connectivity index (χ2v) is 9.32. The summed E-state index contributed by atoms with van der Waals surface area (Å²) in [6, 6.07) is 8.80. The van der Waals surface area contributed by atoms with Gasteiger partial charge in [0, 0.05) is 24.7 Å². The Labute approximate surface area is 175 Å². The maximum absolute atomic E-state index is 12.2. The fourth-order valence-electron chi connectivity index (χ4n) is 3.52. The van der Waals surface area contributed by atoms with E-state index in [9.17, 15) is 13.7 Å². The molecule has 4 rings (SSSR count). The summed E-state index contributed by atoms with van der Waals surface area (Å²) in [6.45, 7) is 3.42. The topological polar surface area (TPSA) is 108 Å². The van der Waals surface area contributed by atoms with Gasteiger partial charge in [0.2, 0.25) is 5.88 Å². The molecule has 0 amide bonds. The van der Waals surface area contributed by atoms with Crippen molar-refractivity contribution >= 4 is 27.7 Å². The van der Waals surface area contributed by atoms with Gasteiger partial charge in [0.15, 0.2) is 9.84 Å². The Bertz CT molecular complexity index is 1180. The average molecular weight is 423 g/mol. The number of hydrogen-bond acceptors (Lipinski definition) is 8. The van der Waals surface area contributed by atoms with Crippen LogP contribution in [0.1, 0.15) is 36.5 Å². The smallest absolute Gasteiger partial charge is 0.220 e. The van der Waals surface area contributed by atoms with Crippen molar-refractivity contribution < 1.29 is 13.2 Å². The molecule has 0 saturated carbocycles. The summed E-state index contributed by atoms with van der Waals surface area (Å²) in [5, 5.41) is 9.66. The third-order valence-electron chi connectivity index (χ3n) is 4.86. The lowest BCUT2D eigenvalue weighted by Gasteiger charge is -2.29. The Morgan fingerprint density at radius 1 is 1.33 bits per heavy atom. The van der Waals surface area contributed by atoms with Gasteiger partial charge in [-0.05, 0) is 24.5 Å². The second-order valence-electron chi connectivity index (χ2n) is 7.13. The van der Waals surface area contributed by atoms with Crippen LogP contribution >= 0.6 is 0 Å². The van der Waals surface area contributed by atoms with E-state index in [0.717, 1.165) is 30.9 Å². The fourth-order valence-corrected chi connectivity index (χ4v) is 5.00. The van der Waals surface area contributed by atoms with Gasteiger partial charge >= 0.3 is 0 Å². The number of aliphatic imine (C=N–C) groups is 2. The first-order valence-electron chi connectivity index (χ1n) is 9.76. The molecule has 3 heterocycles. The molecule has 0 unspecified atom stereocenters. The fraction of sp³-hybridized carbons (Fsp3) is 0.333. The molecule has 0 saturated heterocycles. The molecule has 0 atom stereocenters. The van der Waals surface area contributed by atoms with E-state index in [2.05, 4.69) is 21.0 Å². The molecular formula is C21H21N5O3S. The van der Waals surface area contributed by atoms with Crippen LogP contribution in [0.25, 0.3) is 0 Å². The molecule has 9 heteroatoms. The van der Waals surface area contributed by atoms with Gasteiger partial charge in [0.1, 0.15) is 17.7 Å². The van der Waals surface area contributed by atoms with Crippen molar-refractivity contribution in [1.29, 1.82) is 5.26 Å². The Morgan fingerprint density at radius 2 is 2.20 bits per heavy atom. The molecule has 2 aliphatic rings. The highest BCUT2D eigenvalue weighted by molar-refractivity contribution is 7.90. The predicted molar refractivity (Wildman–Crippen MR) is 114 cm³/mol. The highest BCUT2D eigenvalue weighted by Gasteiger charge is 2.24. The maximum Gasteiger partial charge on any atom is 0.220 e. The molecule has 0 aliphatic carbocycles. The summed E-state index contributed by atoms with van der Waals surface area (Å²) in [5.74, 6) is 1.28. The molecule has 0 N–H and O–H groups in total. The molecule has 8 nitrogen and oxygen atoms in total. The molecule has 2 aromatic rings. The highest BCUT2D eigenvalue weighted by Crippen LogP contribution is 2.32. The van der Waals surface area contributed by atoms with E-state index in [4.69, 9.17) is 4.74 Å². The number of hydrogen-bond donors (Lipinski definition) is 0. The van der Waals surface area contributed by atoms with E-state index >= 15 is 0 Å². The normalized spacial score (nSPS) is 15.1. The third-order valence-corrected chi connectivity index (χ3v) is 6.64. The van der Waals surface area contributed by atoms with Crippen LogP contribution in [-0.2, 0) is 15.6 Å². The van der Waals surface area contributed by atoms with Crippen molar-refractivity contribution in [3.8, 4) is 17.7 Å². The van der Waals surface area contributed by atoms with E-state index in [-0.39, 0.29) is 22.8 Å². The zero-order chi connectivity index (χ0) is 21.1. The first kappa shape index (κ1) is 20.0. The molecule has 1 aromatic carbocycles. The zero-order valence-corrected chi connectivity index (χ0v) is 17.4. The summed E-state index contributed by atoms with van der Waals surface area (Å²) >= 11 is 0. The van der Waals surface area contributed by atoms with Crippen molar-refractivity contribution in [2.45, 2.75) is 25.5 Å². The van der Waals surface area contributed by atoms with Crippen LogP contribution in [0.5, 0.6) is 11.6 Å². The number of sulfone groups is 1. The number of nitrogens with zero attached hydrogens (tertiary/aromatic N) is 5. The minimum Gasteiger partial charge on any atom is -0.438 e. The zero-order valence-electron chi connectivity index (χ0n) is 16.6. The summed E-state index contributed by atoms with van der Waals surface area (Å²) in [4.78, 5) is 15.3. The molecule has 2 aliphatic heterocycles. The summed E-state index contributed by atoms with van der Waals surface area (Å²) in [7, 11) is -3.29. The lowest BCUT2D eigenvalue weighted by Crippen LogP contribution is -2.37. The van der Waals surface area contributed by atoms with Gasteiger partial charge in [-0.1, -0.05) is 19.1 Å². The Morgan fingerprint density at radius 3 is 3.00 bits per heavy atom. The van der Waals surface area contributed by atoms with Crippen LogP contribution in [0, 0.1) is 11.3 Å². The summed E-state index contributed by atoms with van der Waals surface area (Å²) in [6.07, 6.45) is 4.87. The number of aromatic nitrogens is 1. The monoisotopic (exact) mass is 423 g/mol. The van der Waals surface area contributed by atoms with Crippen molar-refractivity contribution in [3.05, 3.63) is 47.2 Å². The molecule has 0 bridgehead atoms. The number of fused-ring (bicyclic) bond motifs is 3. The minimum atomic E-state index is -3.29. The standard InChI is InChI=1S/C21H21N5O3S/c1-2-9-30(27,28)13-15-5-3-6-19(17(15)11-22)29-20-10-16-18(12-24-20)25-14-26-8-4-7-23-21(16)26/h3,5-6,10,12,14H,2,4,7-9,13H2,1H3. The van der Waals surface area contributed by atoms with Gasteiger partial charge in [-0.3, -0.25) is 4.99 Å². The number of pyridine rings is 1. The van der Waals surface area contributed by atoms with E-state index in [1.54, 1.807) is 36.8 Å². The lowest BCUT2D eigenvalue weighted by molar-refractivity contribution is 0.460. The minimum absolute atomic E-state index is 0.0778. The van der Waals surface area contributed by atoms with E-state index in [0.29, 0.717) is 23.6 Å². The van der Waals surface area contributed by atoms with Gasteiger partial charge in [-0.15, -0.1) is 0 Å². The van der Waals surface area contributed by atoms with Gasteiger partial charge < -0.3 is 9.64 Å². The number of ether oxygens (including phenoxy) is 1. The van der Waals surface area contributed by atoms with Crippen molar-refractivity contribution in [1.82, 2.24) is 9.88 Å². The van der Waals surface area contributed by atoms with Gasteiger partial charge in [0.25, 0.3) is 0 Å². The van der Waals surface area contributed by atoms with Crippen LogP contribution < -0.4 is 4.74 Å². The first-order valence-corrected chi connectivity index (χ1v) is 11.6. The van der Waals surface area contributed by atoms with Crippen LogP contribution in [0.15, 0.2) is 40.4 Å². The Balaban J connectivity index is 1.66. The van der Waals surface area contributed by atoms with Crippen molar-refractivity contribution in [2.75, 3.05) is 18.8 Å². The first-order chi connectivity index (χ1) is 14.5. The molecule has 154 valence electrons. The van der Waals surface area contributed by atoms with Crippen LogP contribution in [-0.4, -0.2) is 49.3 Å². The quantitative estimate of drug-likeness (QED) is 0.706. The van der Waals surface area contributed by atoms with Crippen molar-refractivity contribution in [2.24, 2.45) is 9.98 Å². The Kier molecular flexibility index (Phi) is 5.50. The van der Waals surface area contributed by atoms with Gasteiger partial charge in [0.05, 0.1) is 35.3 Å². The largest absolute Gasteiger partial charge is 0.438 e. The van der Waals surface area contributed by atoms with E-state index in [1.165, 1.54) is 0 Å². The molecular weight excluding hydrogens is 402 g/mol. The van der Waals surface area contributed by atoms with E-state index < -0.39 is 9.84 Å².